The number of aryl methyl sites for hydroxylation is 2. The maximum Gasteiger partial charge on any atom is 0.416 e. The van der Waals surface area contributed by atoms with Crippen molar-refractivity contribution in [2.45, 2.75) is 72.0 Å². The minimum Gasteiger partial charge on any atom is -0.341 e. The van der Waals surface area contributed by atoms with Crippen LogP contribution in [0.1, 0.15) is 63.1 Å². The van der Waals surface area contributed by atoms with Crippen LogP contribution in [-0.4, -0.2) is 16.5 Å². The topological polar surface area (TPSA) is 27.6 Å². The summed E-state index contributed by atoms with van der Waals surface area (Å²) in [7, 11) is 0. The zero-order valence-corrected chi connectivity index (χ0v) is 21.2. The fourth-order valence-electron chi connectivity index (χ4n) is 5.41. The summed E-state index contributed by atoms with van der Waals surface area (Å²) in [5.41, 5.74) is 2.48. The first-order chi connectivity index (χ1) is 15.8. The largest absolute Gasteiger partial charge is 0.416 e. The predicted octanol–water partition coefficient (Wildman–Crippen LogP) is 7.91. The molecule has 1 saturated carbocycles. The van der Waals surface area contributed by atoms with Gasteiger partial charge in [-0.2, -0.15) is 13.2 Å². The van der Waals surface area contributed by atoms with Crippen LogP contribution < -0.4 is 10.2 Å². The quantitative estimate of drug-likeness (QED) is 0.436. The molecule has 2 aromatic carbocycles. The van der Waals surface area contributed by atoms with Gasteiger partial charge in [0.2, 0.25) is 5.11 Å². The van der Waals surface area contributed by atoms with E-state index >= 15 is 0 Å². The highest BCUT2D eigenvalue weighted by Crippen LogP contribution is 2.48. The second-order valence-corrected chi connectivity index (χ2v) is 11.1. The van der Waals surface area contributed by atoms with Gasteiger partial charge in [0.05, 0.1) is 5.56 Å². The fraction of sp³-hybridized carbons (Fsp3) is 0.481. The van der Waals surface area contributed by atoms with Gasteiger partial charge in [0, 0.05) is 11.4 Å². The van der Waals surface area contributed by atoms with Crippen molar-refractivity contribution >= 4 is 34.5 Å². The number of hydrogen-bond donors (Lipinski definition) is 1. The Balaban J connectivity index is 1.78. The lowest BCUT2D eigenvalue weighted by Crippen LogP contribution is -2.56. The molecule has 0 atom stereocenters. The van der Waals surface area contributed by atoms with E-state index in [9.17, 15) is 13.2 Å². The van der Waals surface area contributed by atoms with Crippen LogP contribution in [0.4, 0.5) is 24.5 Å². The third-order valence-corrected chi connectivity index (χ3v) is 7.74. The number of nitrogens with zero attached hydrogens (tertiary/aromatic N) is 2. The molecule has 2 aliphatic rings. The number of hydrogen-bond acceptors (Lipinski definition) is 2. The molecule has 0 radical (unpaired) electrons. The van der Waals surface area contributed by atoms with Crippen LogP contribution in [-0.2, 0) is 6.18 Å². The lowest BCUT2D eigenvalue weighted by Gasteiger charge is -2.47. The van der Waals surface area contributed by atoms with Gasteiger partial charge in [-0.3, -0.25) is 0 Å². The van der Waals surface area contributed by atoms with Crippen LogP contribution in [0.3, 0.4) is 0 Å². The SMILES string of the molecule is Cc1cccc(C)c1NC1=NC(=S)N(c2cccc(C(F)(F)F)c2)C12CCC(C(C)(C)C)CC2. The van der Waals surface area contributed by atoms with Crippen LogP contribution in [0.5, 0.6) is 0 Å². The lowest BCUT2D eigenvalue weighted by molar-refractivity contribution is -0.137. The summed E-state index contributed by atoms with van der Waals surface area (Å²) in [5.74, 6) is 1.26. The van der Waals surface area contributed by atoms with Crippen molar-refractivity contribution in [1.29, 1.82) is 0 Å². The molecule has 34 heavy (non-hydrogen) atoms. The van der Waals surface area contributed by atoms with Crippen molar-refractivity contribution in [3.05, 3.63) is 59.2 Å². The number of para-hydroxylation sites is 1. The fourth-order valence-corrected chi connectivity index (χ4v) is 5.79. The number of amidine groups is 1. The Morgan fingerprint density at radius 1 is 1.00 bits per heavy atom. The molecule has 0 unspecified atom stereocenters. The molecule has 4 rings (SSSR count). The van der Waals surface area contributed by atoms with Crippen LogP contribution in [0.25, 0.3) is 0 Å². The zero-order valence-electron chi connectivity index (χ0n) is 20.4. The maximum absolute atomic E-state index is 13.5. The van der Waals surface area contributed by atoms with E-state index in [0.29, 0.717) is 16.7 Å². The summed E-state index contributed by atoms with van der Waals surface area (Å²) in [6, 6.07) is 11.5. The van der Waals surface area contributed by atoms with Crippen molar-refractivity contribution in [2.75, 3.05) is 10.2 Å². The van der Waals surface area contributed by atoms with Gasteiger partial charge in [-0.25, -0.2) is 4.99 Å². The first-order valence-corrected chi connectivity index (χ1v) is 12.2. The zero-order chi connectivity index (χ0) is 24.9. The van der Waals surface area contributed by atoms with E-state index < -0.39 is 17.3 Å². The molecule has 182 valence electrons. The molecule has 1 aliphatic carbocycles. The molecule has 1 aliphatic heterocycles. The molecule has 2 aromatic rings. The smallest absolute Gasteiger partial charge is 0.341 e. The van der Waals surface area contributed by atoms with Crippen LogP contribution >= 0.6 is 12.2 Å². The number of rotatable bonds is 2. The van der Waals surface area contributed by atoms with Gasteiger partial charge < -0.3 is 10.2 Å². The summed E-state index contributed by atoms with van der Waals surface area (Å²) in [6.07, 6.45) is -0.983. The maximum atomic E-state index is 13.5. The van der Waals surface area contributed by atoms with Crippen LogP contribution in [0.2, 0.25) is 0 Å². The van der Waals surface area contributed by atoms with E-state index in [4.69, 9.17) is 17.2 Å². The molecule has 0 bridgehead atoms. The molecule has 1 spiro atoms. The molecule has 0 aromatic heterocycles. The minimum atomic E-state index is -4.42. The summed E-state index contributed by atoms with van der Waals surface area (Å²) in [4.78, 5) is 6.63. The van der Waals surface area contributed by atoms with Gasteiger partial charge >= 0.3 is 6.18 Å². The third-order valence-electron chi connectivity index (χ3n) is 7.46. The Bertz CT molecular complexity index is 1100. The number of thiocarbonyl (C=S) groups is 1. The first-order valence-electron chi connectivity index (χ1n) is 11.8. The Hall–Kier alpha value is -2.41. The van der Waals surface area contributed by atoms with E-state index in [1.165, 1.54) is 12.1 Å². The number of alkyl halides is 3. The molecular weight excluding hydrogens is 455 g/mol. The Kier molecular flexibility index (Phi) is 6.30. The Morgan fingerprint density at radius 3 is 2.15 bits per heavy atom. The normalized spacial score (nSPS) is 23.4. The molecule has 1 heterocycles. The standard InChI is InChI=1S/C27H32F3N3S/c1-17-8-6-9-18(2)22(17)31-23-26(14-12-19(13-15-26)25(3,4)5)33(24(34)32-23)21-11-7-10-20(16-21)27(28,29)30/h6-11,16,19H,12-15H2,1-5H3,(H,31,32,34). The van der Waals surface area contributed by atoms with Gasteiger partial charge in [-0.15, -0.1) is 0 Å². The van der Waals surface area contributed by atoms with E-state index in [1.807, 2.05) is 36.9 Å². The molecule has 3 nitrogen and oxygen atoms in total. The average Bonchev–Trinajstić information content (AvgIpc) is 3.00. The molecule has 1 N–H and O–H groups in total. The van der Waals surface area contributed by atoms with Crippen LogP contribution in [0.15, 0.2) is 47.5 Å². The van der Waals surface area contributed by atoms with E-state index in [0.717, 1.165) is 54.4 Å². The Labute approximate surface area is 205 Å². The van der Waals surface area contributed by atoms with Gasteiger partial charge in [0.15, 0.2) is 0 Å². The molecule has 0 amide bonds. The van der Waals surface area contributed by atoms with E-state index in [2.05, 4.69) is 26.1 Å². The number of anilines is 2. The van der Waals surface area contributed by atoms with Crippen molar-refractivity contribution in [3.63, 3.8) is 0 Å². The molecule has 0 saturated heterocycles. The summed E-state index contributed by atoms with van der Waals surface area (Å²) in [5, 5.41) is 3.87. The first kappa shape index (κ1) is 24.7. The lowest BCUT2D eigenvalue weighted by atomic mass is 9.66. The molecule has 1 fully saturated rings. The second-order valence-electron chi connectivity index (χ2n) is 10.7. The number of halogens is 3. The summed E-state index contributed by atoms with van der Waals surface area (Å²) >= 11 is 5.69. The van der Waals surface area contributed by atoms with Crippen molar-refractivity contribution in [3.8, 4) is 0 Å². The van der Waals surface area contributed by atoms with E-state index in [1.54, 1.807) is 6.07 Å². The highest BCUT2D eigenvalue weighted by molar-refractivity contribution is 7.80. The minimum absolute atomic E-state index is 0.166. The molecule has 7 heteroatoms. The van der Waals surface area contributed by atoms with Crippen molar-refractivity contribution in [2.24, 2.45) is 16.3 Å². The van der Waals surface area contributed by atoms with Gasteiger partial charge in [0.25, 0.3) is 0 Å². The van der Waals surface area contributed by atoms with Gasteiger partial charge in [0.1, 0.15) is 11.4 Å². The highest BCUT2D eigenvalue weighted by Gasteiger charge is 2.52. The monoisotopic (exact) mass is 487 g/mol. The van der Waals surface area contributed by atoms with Crippen LogP contribution in [0, 0.1) is 25.2 Å². The van der Waals surface area contributed by atoms with E-state index in [-0.39, 0.29) is 5.41 Å². The predicted molar refractivity (Wildman–Crippen MR) is 138 cm³/mol. The second kappa shape index (κ2) is 8.67. The number of nitrogens with one attached hydrogen (secondary N) is 1. The Morgan fingerprint density at radius 2 is 1.59 bits per heavy atom. The highest BCUT2D eigenvalue weighted by atomic mass is 32.1. The summed E-state index contributed by atoms with van der Waals surface area (Å²) < 4.78 is 40.6. The van der Waals surface area contributed by atoms with Crippen molar-refractivity contribution in [1.82, 2.24) is 0 Å². The van der Waals surface area contributed by atoms with Gasteiger partial charge in [-0.1, -0.05) is 45.0 Å². The van der Waals surface area contributed by atoms with Crippen molar-refractivity contribution < 1.29 is 13.2 Å². The number of benzene rings is 2. The average molecular weight is 488 g/mol. The van der Waals surface area contributed by atoms with Gasteiger partial charge in [-0.05, 0) is 92.4 Å². The molecular formula is C27H32F3N3S. The summed E-state index contributed by atoms with van der Waals surface area (Å²) in [6.45, 7) is 10.8. The third kappa shape index (κ3) is 4.47. The number of aliphatic imine (C=N–C) groups is 1.